The van der Waals surface area contributed by atoms with Crippen LogP contribution in [0.15, 0.2) is 35.7 Å². The lowest BCUT2D eigenvalue weighted by Crippen LogP contribution is -2.00. The Kier molecular flexibility index (Phi) is 4.94. The van der Waals surface area contributed by atoms with E-state index in [0.29, 0.717) is 5.75 Å². The zero-order chi connectivity index (χ0) is 12.9. The summed E-state index contributed by atoms with van der Waals surface area (Å²) in [6.45, 7) is 6.27. The van der Waals surface area contributed by atoms with E-state index >= 15 is 0 Å². The highest BCUT2D eigenvalue weighted by Gasteiger charge is 2.05. The van der Waals surface area contributed by atoms with Crippen molar-refractivity contribution in [3.63, 3.8) is 0 Å². The number of hydrogen-bond acceptors (Lipinski definition) is 2. The molecular weight excluding hydrogens is 232 g/mol. The van der Waals surface area contributed by atoms with Crippen molar-refractivity contribution in [3.05, 3.63) is 41.3 Å². The van der Waals surface area contributed by atoms with Gasteiger partial charge in [0.1, 0.15) is 5.75 Å². The highest BCUT2D eigenvalue weighted by Crippen LogP contribution is 2.16. The SMILES string of the molecule is COc1ccc(CS(=O)/C=C/C(C)(C)C)cc1. The summed E-state index contributed by atoms with van der Waals surface area (Å²) in [5, 5.41) is 1.78. The highest BCUT2D eigenvalue weighted by molar-refractivity contribution is 7.87. The summed E-state index contributed by atoms with van der Waals surface area (Å²) in [6.07, 6.45) is 1.99. The van der Waals surface area contributed by atoms with Gasteiger partial charge in [0.2, 0.25) is 0 Å². The molecule has 0 bridgehead atoms. The Morgan fingerprint density at radius 3 is 2.29 bits per heavy atom. The van der Waals surface area contributed by atoms with Gasteiger partial charge in [0.05, 0.1) is 12.9 Å². The molecule has 0 amide bonds. The van der Waals surface area contributed by atoms with Crippen molar-refractivity contribution >= 4 is 10.8 Å². The lowest BCUT2D eigenvalue weighted by Gasteiger charge is -2.10. The smallest absolute Gasteiger partial charge is 0.118 e. The van der Waals surface area contributed by atoms with Gasteiger partial charge in [-0.15, -0.1) is 0 Å². The van der Waals surface area contributed by atoms with Crippen molar-refractivity contribution in [2.24, 2.45) is 5.41 Å². The monoisotopic (exact) mass is 252 g/mol. The van der Waals surface area contributed by atoms with Crippen LogP contribution in [0.2, 0.25) is 0 Å². The van der Waals surface area contributed by atoms with Gasteiger partial charge in [-0.25, -0.2) is 0 Å². The van der Waals surface area contributed by atoms with Crippen molar-refractivity contribution in [1.82, 2.24) is 0 Å². The van der Waals surface area contributed by atoms with Gasteiger partial charge < -0.3 is 4.74 Å². The second-order valence-electron chi connectivity index (χ2n) is 5.04. The molecule has 0 heterocycles. The first-order valence-electron chi connectivity index (χ1n) is 5.60. The maximum absolute atomic E-state index is 11.8. The van der Waals surface area contributed by atoms with Gasteiger partial charge in [0, 0.05) is 10.8 Å². The third kappa shape index (κ3) is 5.68. The number of ether oxygens (including phenoxy) is 1. The van der Waals surface area contributed by atoms with Crippen LogP contribution in [0.25, 0.3) is 0 Å². The molecule has 1 rings (SSSR count). The molecule has 0 aliphatic heterocycles. The van der Waals surface area contributed by atoms with Crippen LogP contribution < -0.4 is 4.74 Å². The van der Waals surface area contributed by atoms with E-state index in [9.17, 15) is 4.21 Å². The van der Waals surface area contributed by atoms with E-state index in [-0.39, 0.29) is 5.41 Å². The van der Waals surface area contributed by atoms with Crippen LogP contribution in [0.1, 0.15) is 26.3 Å². The fraction of sp³-hybridized carbons (Fsp3) is 0.429. The molecule has 0 aliphatic carbocycles. The standard InChI is InChI=1S/C14H20O2S/c1-14(2,3)9-10-17(15)11-12-5-7-13(16-4)8-6-12/h5-10H,11H2,1-4H3/b10-9+. The molecule has 1 unspecified atom stereocenters. The minimum absolute atomic E-state index is 0.0789. The van der Waals surface area contributed by atoms with Crippen molar-refractivity contribution in [1.29, 1.82) is 0 Å². The lowest BCUT2D eigenvalue weighted by atomic mass is 9.98. The van der Waals surface area contributed by atoms with Crippen LogP contribution >= 0.6 is 0 Å². The predicted octanol–water partition coefficient (Wildman–Crippen LogP) is 3.50. The molecular formula is C14H20O2S. The van der Waals surface area contributed by atoms with Gasteiger partial charge >= 0.3 is 0 Å². The molecule has 0 aromatic heterocycles. The molecule has 0 saturated carbocycles. The Bertz CT molecular complexity index is 399. The zero-order valence-electron chi connectivity index (χ0n) is 10.9. The summed E-state index contributed by atoms with van der Waals surface area (Å²) in [7, 11) is 0.691. The fourth-order valence-electron chi connectivity index (χ4n) is 1.21. The zero-order valence-corrected chi connectivity index (χ0v) is 11.7. The second kappa shape index (κ2) is 6.01. The highest BCUT2D eigenvalue weighted by atomic mass is 32.2. The summed E-state index contributed by atoms with van der Waals surface area (Å²) in [5.74, 6) is 1.38. The molecule has 0 fully saturated rings. The molecule has 0 saturated heterocycles. The summed E-state index contributed by atoms with van der Waals surface area (Å²) >= 11 is 0. The molecule has 17 heavy (non-hydrogen) atoms. The minimum atomic E-state index is -0.947. The Labute approximate surface area is 106 Å². The first-order valence-corrected chi connectivity index (χ1v) is 6.98. The number of allylic oxidation sites excluding steroid dienone is 1. The largest absolute Gasteiger partial charge is 0.497 e. The molecule has 2 nitrogen and oxygen atoms in total. The van der Waals surface area contributed by atoms with E-state index in [0.717, 1.165) is 11.3 Å². The topological polar surface area (TPSA) is 26.3 Å². The van der Waals surface area contributed by atoms with Crippen LogP contribution in [-0.4, -0.2) is 11.3 Å². The van der Waals surface area contributed by atoms with Crippen molar-refractivity contribution in [2.75, 3.05) is 7.11 Å². The van der Waals surface area contributed by atoms with E-state index in [1.807, 2.05) is 30.3 Å². The molecule has 0 radical (unpaired) electrons. The first kappa shape index (κ1) is 14.0. The maximum atomic E-state index is 11.8. The van der Waals surface area contributed by atoms with Gasteiger partial charge in [-0.3, -0.25) is 4.21 Å². The Balaban J connectivity index is 2.59. The van der Waals surface area contributed by atoms with Crippen LogP contribution in [0.5, 0.6) is 5.75 Å². The third-order valence-corrected chi connectivity index (χ3v) is 3.25. The summed E-state index contributed by atoms with van der Waals surface area (Å²) in [5.41, 5.74) is 1.14. The van der Waals surface area contributed by atoms with Gasteiger partial charge in [-0.1, -0.05) is 39.0 Å². The molecule has 0 N–H and O–H groups in total. The summed E-state index contributed by atoms with van der Waals surface area (Å²) in [4.78, 5) is 0. The Hall–Kier alpha value is -1.09. The minimum Gasteiger partial charge on any atom is -0.497 e. The Morgan fingerprint density at radius 2 is 1.82 bits per heavy atom. The molecule has 3 heteroatoms. The van der Waals surface area contributed by atoms with Crippen LogP contribution in [-0.2, 0) is 16.6 Å². The van der Waals surface area contributed by atoms with E-state index in [1.54, 1.807) is 12.5 Å². The quantitative estimate of drug-likeness (QED) is 0.819. The fourth-order valence-corrected chi connectivity index (χ4v) is 2.39. The molecule has 1 aromatic rings. The van der Waals surface area contributed by atoms with Crippen LogP contribution in [0.3, 0.4) is 0 Å². The maximum Gasteiger partial charge on any atom is 0.118 e. The van der Waals surface area contributed by atoms with Crippen molar-refractivity contribution in [2.45, 2.75) is 26.5 Å². The molecule has 94 valence electrons. The molecule has 0 aliphatic rings. The van der Waals surface area contributed by atoms with Crippen molar-refractivity contribution < 1.29 is 8.95 Å². The summed E-state index contributed by atoms with van der Waals surface area (Å²) < 4.78 is 16.9. The average molecular weight is 252 g/mol. The summed E-state index contributed by atoms with van der Waals surface area (Å²) in [6, 6.07) is 7.67. The van der Waals surface area contributed by atoms with E-state index in [1.165, 1.54) is 0 Å². The first-order chi connectivity index (χ1) is 7.90. The van der Waals surface area contributed by atoms with E-state index in [4.69, 9.17) is 4.74 Å². The van der Waals surface area contributed by atoms with Gasteiger partial charge in [0.15, 0.2) is 0 Å². The normalized spacial score (nSPS) is 13.9. The lowest BCUT2D eigenvalue weighted by molar-refractivity contribution is 0.414. The predicted molar refractivity (Wildman–Crippen MR) is 73.4 cm³/mol. The van der Waals surface area contributed by atoms with Crippen LogP contribution in [0, 0.1) is 5.41 Å². The van der Waals surface area contributed by atoms with E-state index in [2.05, 4.69) is 20.8 Å². The Morgan fingerprint density at radius 1 is 1.24 bits per heavy atom. The molecule has 1 atom stereocenters. The molecule has 0 spiro atoms. The van der Waals surface area contributed by atoms with Gasteiger partial charge in [0.25, 0.3) is 0 Å². The van der Waals surface area contributed by atoms with E-state index < -0.39 is 10.8 Å². The number of hydrogen-bond donors (Lipinski definition) is 0. The van der Waals surface area contributed by atoms with Gasteiger partial charge in [-0.05, 0) is 28.5 Å². The number of rotatable bonds is 4. The third-order valence-electron chi connectivity index (χ3n) is 2.19. The second-order valence-corrected chi connectivity index (χ2v) is 6.36. The average Bonchev–Trinajstić information content (AvgIpc) is 2.27. The number of benzene rings is 1. The number of methoxy groups -OCH3 is 1. The van der Waals surface area contributed by atoms with Crippen LogP contribution in [0.4, 0.5) is 0 Å². The van der Waals surface area contributed by atoms with Gasteiger partial charge in [-0.2, -0.15) is 0 Å². The molecule has 1 aromatic carbocycles. The van der Waals surface area contributed by atoms with Crippen molar-refractivity contribution in [3.8, 4) is 5.75 Å².